The molecule has 0 saturated carbocycles. The number of oxazole rings is 1. The van der Waals surface area contributed by atoms with Crippen molar-refractivity contribution >= 4 is 34.6 Å². The second kappa shape index (κ2) is 6.31. The maximum Gasteiger partial charge on any atom is 0.295 e. The van der Waals surface area contributed by atoms with E-state index >= 15 is 0 Å². The fourth-order valence-corrected chi connectivity index (χ4v) is 3.23. The quantitative estimate of drug-likeness (QED) is 0.669. The molecule has 8 heteroatoms. The number of hydrogen-bond donors (Lipinski definition) is 1. The van der Waals surface area contributed by atoms with Crippen LogP contribution in [0.4, 0.5) is 11.7 Å². The van der Waals surface area contributed by atoms with Gasteiger partial charge < -0.3 is 9.73 Å². The van der Waals surface area contributed by atoms with Gasteiger partial charge in [-0.3, -0.25) is 15.0 Å². The van der Waals surface area contributed by atoms with Crippen LogP contribution in [0.25, 0.3) is 11.1 Å². The highest BCUT2D eigenvalue weighted by molar-refractivity contribution is 7.99. The topological polar surface area (TPSA) is 84.4 Å². The number of anilines is 1. The zero-order valence-electron chi connectivity index (χ0n) is 11.4. The zero-order chi connectivity index (χ0) is 14.7. The average molecular weight is 308 g/mol. The van der Waals surface area contributed by atoms with Crippen molar-refractivity contribution in [2.24, 2.45) is 0 Å². The first-order valence-electron chi connectivity index (χ1n) is 6.81. The van der Waals surface area contributed by atoms with Gasteiger partial charge in [0.2, 0.25) is 0 Å². The summed E-state index contributed by atoms with van der Waals surface area (Å²) in [7, 11) is 0. The number of non-ortho nitro benzene ring substituents is 1. The van der Waals surface area contributed by atoms with Gasteiger partial charge in [-0.2, -0.15) is 16.7 Å². The Morgan fingerprint density at radius 3 is 3.00 bits per heavy atom. The third kappa shape index (κ3) is 3.45. The van der Waals surface area contributed by atoms with E-state index in [4.69, 9.17) is 4.42 Å². The number of nitro groups is 1. The maximum atomic E-state index is 10.7. The lowest BCUT2D eigenvalue weighted by Crippen LogP contribution is -2.36. The highest BCUT2D eigenvalue weighted by Crippen LogP contribution is 2.23. The van der Waals surface area contributed by atoms with Crippen molar-refractivity contribution in [3.8, 4) is 0 Å². The van der Waals surface area contributed by atoms with Crippen LogP contribution < -0.4 is 5.32 Å². The molecular formula is C13H16N4O3S. The van der Waals surface area contributed by atoms with Crippen LogP contribution >= 0.6 is 11.8 Å². The van der Waals surface area contributed by atoms with Gasteiger partial charge in [-0.1, -0.05) is 0 Å². The molecule has 7 nitrogen and oxygen atoms in total. The molecule has 1 aromatic carbocycles. The maximum absolute atomic E-state index is 10.7. The fraction of sp³-hybridized carbons (Fsp3) is 0.462. The van der Waals surface area contributed by atoms with E-state index in [1.54, 1.807) is 6.07 Å². The van der Waals surface area contributed by atoms with Crippen LogP contribution in [0.1, 0.15) is 0 Å². The van der Waals surface area contributed by atoms with Crippen LogP contribution in [-0.2, 0) is 0 Å². The number of nitro benzene ring substituents is 1. The largest absolute Gasteiger partial charge is 0.424 e. The Bertz CT molecular complexity index is 639. The van der Waals surface area contributed by atoms with Crippen molar-refractivity contribution in [3.63, 3.8) is 0 Å². The molecule has 1 aromatic heterocycles. The summed E-state index contributed by atoms with van der Waals surface area (Å²) in [6.45, 7) is 3.93. The lowest BCUT2D eigenvalue weighted by molar-refractivity contribution is -0.384. The summed E-state index contributed by atoms with van der Waals surface area (Å²) in [6.07, 6.45) is 0. The minimum Gasteiger partial charge on any atom is -0.424 e. The third-order valence-electron chi connectivity index (χ3n) is 3.39. The lowest BCUT2D eigenvalue weighted by Gasteiger charge is -2.25. The predicted molar refractivity (Wildman–Crippen MR) is 82.9 cm³/mol. The Labute approximate surface area is 125 Å². The first-order valence-corrected chi connectivity index (χ1v) is 7.97. The first-order chi connectivity index (χ1) is 10.2. The van der Waals surface area contributed by atoms with Crippen LogP contribution in [0.2, 0.25) is 0 Å². The number of thioether (sulfide) groups is 1. The highest BCUT2D eigenvalue weighted by Gasteiger charge is 2.12. The molecule has 1 aliphatic heterocycles. The highest BCUT2D eigenvalue weighted by atomic mass is 32.2. The molecule has 1 aliphatic rings. The molecule has 0 aliphatic carbocycles. The van der Waals surface area contributed by atoms with E-state index in [1.807, 2.05) is 11.8 Å². The number of aromatic nitrogens is 1. The molecule has 112 valence electrons. The minimum atomic E-state index is -0.435. The van der Waals surface area contributed by atoms with Gasteiger partial charge in [0.15, 0.2) is 5.58 Å². The molecule has 1 saturated heterocycles. The third-order valence-corrected chi connectivity index (χ3v) is 4.33. The number of fused-ring (bicyclic) bond motifs is 1. The van der Waals surface area contributed by atoms with Gasteiger partial charge in [0.25, 0.3) is 11.7 Å². The molecule has 21 heavy (non-hydrogen) atoms. The molecule has 2 heterocycles. The number of rotatable bonds is 5. The van der Waals surface area contributed by atoms with Crippen molar-refractivity contribution in [2.45, 2.75) is 0 Å². The molecule has 0 bridgehead atoms. The van der Waals surface area contributed by atoms with E-state index in [0.717, 1.165) is 26.2 Å². The zero-order valence-corrected chi connectivity index (χ0v) is 12.3. The minimum absolute atomic E-state index is 0.0215. The summed E-state index contributed by atoms with van der Waals surface area (Å²) in [4.78, 5) is 16.9. The average Bonchev–Trinajstić information content (AvgIpc) is 2.90. The van der Waals surface area contributed by atoms with Gasteiger partial charge in [0, 0.05) is 49.8 Å². The molecule has 0 atom stereocenters. The van der Waals surface area contributed by atoms with Crippen LogP contribution in [-0.4, -0.2) is 52.5 Å². The predicted octanol–water partition coefficient (Wildman–Crippen LogP) is 2.20. The number of nitrogens with zero attached hydrogens (tertiary/aromatic N) is 3. The molecule has 0 unspecified atom stereocenters. The number of nitrogens with one attached hydrogen (secondary N) is 1. The Morgan fingerprint density at radius 2 is 2.24 bits per heavy atom. The van der Waals surface area contributed by atoms with Crippen molar-refractivity contribution < 1.29 is 9.34 Å². The first kappa shape index (κ1) is 14.2. The van der Waals surface area contributed by atoms with Gasteiger partial charge in [0.1, 0.15) is 5.52 Å². The summed E-state index contributed by atoms with van der Waals surface area (Å²) >= 11 is 1.99. The Hall–Kier alpha value is -1.80. The molecule has 0 amide bonds. The SMILES string of the molecule is O=[N+]([O-])c1ccc2oc(NCCN3CCSCC3)nc2c1. The molecule has 1 N–H and O–H groups in total. The second-order valence-electron chi connectivity index (χ2n) is 4.81. The summed E-state index contributed by atoms with van der Waals surface area (Å²) < 4.78 is 5.52. The van der Waals surface area contributed by atoms with Crippen LogP contribution in [0.15, 0.2) is 22.6 Å². The number of benzene rings is 1. The van der Waals surface area contributed by atoms with E-state index in [9.17, 15) is 10.1 Å². The lowest BCUT2D eigenvalue weighted by atomic mass is 10.3. The van der Waals surface area contributed by atoms with Crippen molar-refractivity contribution in [1.29, 1.82) is 0 Å². The fourth-order valence-electron chi connectivity index (χ4n) is 2.25. The van der Waals surface area contributed by atoms with Crippen molar-refractivity contribution in [2.75, 3.05) is 43.0 Å². The van der Waals surface area contributed by atoms with Crippen molar-refractivity contribution in [1.82, 2.24) is 9.88 Å². The van der Waals surface area contributed by atoms with E-state index in [2.05, 4.69) is 15.2 Å². The number of hydrogen-bond acceptors (Lipinski definition) is 7. The second-order valence-corrected chi connectivity index (χ2v) is 6.03. The molecule has 0 spiro atoms. The van der Waals surface area contributed by atoms with Gasteiger partial charge in [-0.25, -0.2) is 0 Å². The van der Waals surface area contributed by atoms with Gasteiger partial charge in [0.05, 0.1) is 4.92 Å². The van der Waals surface area contributed by atoms with E-state index in [0.29, 0.717) is 17.1 Å². The molecule has 2 aromatic rings. The molecule has 1 fully saturated rings. The smallest absolute Gasteiger partial charge is 0.295 e. The summed E-state index contributed by atoms with van der Waals surface area (Å²) in [6, 6.07) is 4.83. The Morgan fingerprint density at radius 1 is 1.43 bits per heavy atom. The molecule has 3 rings (SSSR count). The molecular weight excluding hydrogens is 292 g/mol. The Balaban J connectivity index is 1.60. The summed E-state index contributed by atoms with van der Waals surface area (Å²) in [5.41, 5.74) is 1.08. The van der Waals surface area contributed by atoms with Gasteiger partial charge >= 0.3 is 0 Å². The van der Waals surface area contributed by atoms with E-state index < -0.39 is 4.92 Å². The van der Waals surface area contributed by atoms with Crippen LogP contribution in [0.3, 0.4) is 0 Å². The standard InChI is InChI=1S/C13H16N4O3S/c18-17(19)10-1-2-12-11(9-10)15-13(20-12)14-3-4-16-5-7-21-8-6-16/h1-2,9H,3-8H2,(H,14,15). The van der Waals surface area contributed by atoms with Crippen LogP contribution in [0, 0.1) is 10.1 Å². The van der Waals surface area contributed by atoms with Gasteiger partial charge in [-0.05, 0) is 6.07 Å². The van der Waals surface area contributed by atoms with Gasteiger partial charge in [-0.15, -0.1) is 0 Å². The summed E-state index contributed by atoms with van der Waals surface area (Å²) in [5.74, 6) is 2.37. The normalized spacial score (nSPS) is 16.2. The Kier molecular flexibility index (Phi) is 4.26. The summed E-state index contributed by atoms with van der Waals surface area (Å²) in [5, 5.41) is 13.9. The monoisotopic (exact) mass is 308 g/mol. The van der Waals surface area contributed by atoms with Crippen molar-refractivity contribution in [3.05, 3.63) is 28.3 Å². The molecule has 0 radical (unpaired) electrons. The van der Waals surface area contributed by atoms with E-state index in [-0.39, 0.29) is 5.69 Å². The van der Waals surface area contributed by atoms with Crippen LogP contribution in [0.5, 0.6) is 0 Å². The van der Waals surface area contributed by atoms with E-state index in [1.165, 1.54) is 23.6 Å².